The minimum Gasteiger partial charge on any atom is -0.417 e. The van der Waals surface area contributed by atoms with Crippen molar-refractivity contribution in [1.82, 2.24) is 0 Å². The van der Waals surface area contributed by atoms with Crippen molar-refractivity contribution >= 4 is 8.32 Å². The van der Waals surface area contributed by atoms with Gasteiger partial charge < -0.3 is 8.91 Å². The van der Waals surface area contributed by atoms with E-state index in [-0.39, 0.29) is 0 Å². The van der Waals surface area contributed by atoms with E-state index in [0.717, 1.165) is 11.1 Å². The third-order valence-electron chi connectivity index (χ3n) is 2.60. The van der Waals surface area contributed by atoms with Gasteiger partial charge in [0.05, 0.1) is 27.7 Å². The Morgan fingerprint density at radius 1 is 1.07 bits per heavy atom. The fourth-order valence-electron chi connectivity index (χ4n) is 1.54. The molecule has 0 saturated heterocycles. The quantitative estimate of drug-likeness (QED) is 0.355. The third kappa shape index (κ3) is 10.4. The molecular formula is C12H30NOSi+. The van der Waals surface area contributed by atoms with Gasteiger partial charge >= 0.3 is 0 Å². The molecule has 0 radical (unpaired) electrons. The van der Waals surface area contributed by atoms with Gasteiger partial charge in [0.25, 0.3) is 0 Å². The Hall–Kier alpha value is 0.137. The summed E-state index contributed by atoms with van der Waals surface area (Å²) in [6.45, 7) is 9.14. The molecule has 0 amide bonds. The number of nitrogens with zero attached hydrogens (tertiary/aromatic N) is 1. The van der Waals surface area contributed by atoms with Crippen LogP contribution in [0.3, 0.4) is 0 Å². The summed E-state index contributed by atoms with van der Waals surface area (Å²) >= 11 is 0. The molecule has 15 heavy (non-hydrogen) atoms. The first-order chi connectivity index (χ1) is 6.77. The lowest BCUT2D eigenvalue weighted by molar-refractivity contribution is -0.870. The Kier molecular flexibility index (Phi) is 6.72. The van der Waals surface area contributed by atoms with Crippen LogP contribution in [-0.2, 0) is 4.43 Å². The minimum absolute atomic E-state index is 0.972. The SMILES string of the molecule is CCCCO[Si](C)(C)CCC[N+](C)(C)C. The van der Waals surface area contributed by atoms with E-state index in [1.165, 1.54) is 31.9 Å². The first-order valence-corrected chi connectivity index (χ1v) is 9.33. The van der Waals surface area contributed by atoms with Crippen LogP contribution in [0.25, 0.3) is 0 Å². The van der Waals surface area contributed by atoms with E-state index in [0.29, 0.717) is 0 Å². The van der Waals surface area contributed by atoms with Crippen LogP contribution in [0.4, 0.5) is 0 Å². The number of quaternary nitrogens is 1. The highest BCUT2D eigenvalue weighted by atomic mass is 28.4. The zero-order valence-corrected chi connectivity index (χ0v) is 12.6. The van der Waals surface area contributed by atoms with Crippen LogP contribution in [0.2, 0.25) is 19.1 Å². The molecule has 0 aromatic carbocycles. The Bertz CT molecular complexity index is 163. The molecule has 0 aromatic rings. The van der Waals surface area contributed by atoms with Gasteiger partial charge in [-0.15, -0.1) is 0 Å². The van der Waals surface area contributed by atoms with Crippen LogP contribution in [0.15, 0.2) is 0 Å². The largest absolute Gasteiger partial charge is 0.417 e. The summed E-state index contributed by atoms with van der Waals surface area (Å²) in [6.07, 6.45) is 3.75. The predicted molar refractivity (Wildman–Crippen MR) is 70.7 cm³/mol. The lowest BCUT2D eigenvalue weighted by atomic mass is 10.4. The summed E-state index contributed by atoms with van der Waals surface area (Å²) in [5.41, 5.74) is 0. The van der Waals surface area contributed by atoms with Crippen molar-refractivity contribution < 1.29 is 8.91 Å². The second-order valence-electron chi connectivity index (χ2n) is 6.08. The van der Waals surface area contributed by atoms with Crippen LogP contribution in [0.5, 0.6) is 0 Å². The topological polar surface area (TPSA) is 9.23 Å². The van der Waals surface area contributed by atoms with Crippen molar-refractivity contribution in [3.63, 3.8) is 0 Å². The average molecular weight is 232 g/mol. The number of unbranched alkanes of at least 4 members (excludes halogenated alkanes) is 1. The van der Waals surface area contributed by atoms with Gasteiger partial charge in [0.1, 0.15) is 0 Å². The summed E-state index contributed by atoms with van der Waals surface area (Å²) in [5.74, 6) is 0. The lowest BCUT2D eigenvalue weighted by Crippen LogP contribution is -2.37. The molecular weight excluding hydrogens is 202 g/mol. The molecule has 0 spiro atoms. The highest BCUT2D eigenvalue weighted by Crippen LogP contribution is 2.15. The normalized spacial score (nSPS) is 13.2. The number of rotatable bonds is 8. The Morgan fingerprint density at radius 3 is 2.13 bits per heavy atom. The van der Waals surface area contributed by atoms with Crippen molar-refractivity contribution in [2.24, 2.45) is 0 Å². The Labute approximate surface area is 97.3 Å². The van der Waals surface area contributed by atoms with Crippen LogP contribution in [0.1, 0.15) is 26.2 Å². The van der Waals surface area contributed by atoms with E-state index in [4.69, 9.17) is 4.43 Å². The lowest BCUT2D eigenvalue weighted by Gasteiger charge is -2.27. The van der Waals surface area contributed by atoms with Crippen LogP contribution < -0.4 is 0 Å². The zero-order chi connectivity index (χ0) is 11.9. The molecule has 0 bridgehead atoms. The molecule has 2 nitrogen and oxygen atoms in total. The van der Waals surface area contributed by atoms with E-state index >= 15 is 0 Å². The molecule has 0 unspecified atom stereocenters. The molecule has 0 aliphatic rings. The van der Waals surface area contributed by atoms with Gasteiger partial charge in [-0.1, -0.05) is 13.3 Å². The van der Waals surface area contributed by atoms with Crippen LogP contribution in [-0.4, -0.2) is 47.1 Å². The number of hydrogen-bond acceptors (Lipinski definition) is 1. The van der Waals surface area contributed by atoms with Crippen molar-refractivity contribution in [3.8, 4) is 0 Å². The van der Waals surface area contributed by atoms with Gasteiger partial charge in [-0.25, -0.2) is 0 Å². The molecule has 0 aromatic heterocycles. The standard InChI is InChI=1S/C12H30NOSi/c1-7-8-11-14-15(5,6)12-9-10-13(2,3)4/h7-12H2,1-6H3/q+1. The maximum atomic E-state index is 6.02. The summed E-state index contributed by atoms with van der Waals surface area (Å²) < 4.78 is 7.09. The molecule has 0 N–H and O–H groups in total. The van der Waals surface area contributed by atoms with Gasteiger partial charge in [0.15, 0.2) is 8.32 Å². The van der Waals surface area contributed by atoms with Crippen molar-refractivity contribution in [3.05, 3.63) is 0 Å². The molecule has 3 heteroatoms. The molecule has 0 aliphatic carbocycles. The van der Waals surface area contributed by atoms with Crippen molar-refractivity contribution in [2.75, 3.05) is 34.3 Å². The van der Waals surface area contributed by atoms with Gasteiger partial charge in [0.2, 0.25) is 0 Å². The highest BCUT2D eigenvalue weighted by molar-refractivity contribution is 6.71. The second-order valence-corrected chi connectivity index (χ2v) is 10.4. The first-order valence-electron chi connectivity index (χ1n) is 6.21. The molecule has 0 rings (SSSR count). The van der Waals surface area contributed by atoms with E-state index in [1.54, 1.807) is 0 Å². The third-order valence-corrected chi connectivity index (χ3v) is 5.14. The van der Waals surface area contributed by atoms with E-state index in [9.17, 15) is 0 Å². The highest BCUT2D eigenvalue weighted by Gasteiger charge is 2.22. The van der Waals surface area contributed by atoms with Crippen LogP contribution >= 0.6 is 0 Å². The van der Waals surface area contributed by atoms with Gasteiger partial charge in [0, 0.05) is 6.61 Å². The summed E-state index contributed by atoms with van der Waals surface area (Å²) in [5, 5.41) is 0. The zero-order valence-electron chi connectivity index (χ0n) is 11.6. The minimum atomic E-state index is -1.35. The first kappa shape index (κ1) is 15.1. The van der Waals surface area contributed by atoms with Crippen molar-refractivity contribution in [2.45, 2.75) is 45.3 Å². The predicted octanol–water partition coefficient (Wildman–Crippen LogP) is 3.10. The van der Waals surface area contributed by atoms with Gasteiger partial charge in [-0.2, -0.15) is 0 Å². The average Bonchev–Trinajstić information content (AvgIpc) is 2.01. The maximum absolute atomic E-state index is 6.02. The Morgan fingerprint density at radius 2 is 1.67 bits per heavy atom. The molecule has 0 aliphatic heterocycles. The molecule has 0 saturated carbocycles. The van der Waals surface area contributed by atoms with Gasteiger partial charge in [-0.3, -0.25) is 0 Å². The summed E-state index contributed by atoms with van der Waals surface area (Å²) in [4.78, 5) is 0. The second kappa shape index (κ2) is 6.66. The monoisotopic (exact) mass is 232 g/mol. The molecule has 0 fully saturated rings. The van der Waals surface area contributed by atoms with E-state index in [2.05, 4.69) is 41.2 Å². The van der Waals surface area contributed by atoms with Crippen LogP contribution in [0, 0.1) is 0 Å². The molecule has 0 atom stereocenters. The van der Waals surface area contributed by atoms with E-state index in [1.807, 2.05) is 0 Å². The summed E-state index contributed by atoms with van der Waals surface area (Å²) in [7, 11) is 5.42. The fraction of sp³-hybridized carbons (Fsp3) is 1.00. The number of hydrogen-bond donors (Lipinski definition) is 0. The Balaban J connectivity index is 3.64. The fourth-order valence-corrected chi connectivity index (χ4v) is 3.39. The molecule has 92 valence electrons. The van der Waals surface area contributed by atoms with Crippen molar-refractivity contribution in [1.29, 1.82) is 0 Å². The maximum Gasteiger partial charge on any atom is 0.186 e. The smallest absolute Gasteiger partial charge is 0.186 e. The van der Waals surface area contributed by atoms with Gasteiger partial charge in [-0.05, 0) is 32.0 Å². The summed E-state index contributed by atoms with van der Waals surface area (Å²) in [6, 6.07) is 1.30. The van der Waals surface area contributed by atoms with E-state index < -0.39 is 8.32 Å². The molecule has 0 heterocycles.